The van der Waals surface area contributed by atoms with Crippen molar-refractivity contribution in [2.45, 2.75) is 65.3 Å². The average molecular weight is 498 g/mol. The van der Waals surface area contributed by atoms with Crippen LogP contribution in [0, 0.1) is 11.8 Å². The first-order valence-corrected chi connectivity index (χ1v) is 11.8. The number of Topliss-reactive ketones (excluding diaryl/α,β-unsaturated/α-hetero) is 2. The average Bonchev–Trinajstić information content (AvgIpc) is 2.72. The molecule has 1 aliphatic heterocycles. The zero-order chi connectivity index (χ0) is 24.7. The number of nitrogens with one attached hydrogen (secondary N) is 1. The standard InChI is InChI=1S/C23H30BCl2NO6/c1-13(2)7-15(24-32-21(11-22(30)33-24)20(29)8-14(3)4)9-17(28)12-27-23(31)18-10-16(25)5-6-19(18)26/h5-6,10,13-15,21H,7-9,11-12H2,1-4H3,(H,27,31)/t15-,21-/m1/s1. The maximum atomic E-state index is 12.7. The fourth-order valence-electron chi connectivity index (χ4n) is 3.70. The van der Waals surface area contributed by atoms with Crippen LogP contribution in [0.4, 0.5) is 0 Å². The van der Waals surface area contributed by atoms with E-state index in [1.54, 1.807) is 6.07 Å². The Morgan fingerprint density at radius 2 is 1.82 bits per heavy atom. The molecule has 0 bridgehead atoms. The van der Waals surface area contributed by atoms with E-state index in [0.717, 1.165) is 0 Å². The van der Waals surface area contributed by atoms with E-state index in [1.165, 1.54) is 12.1 Å². The van der Waals surface area contributed by atoms with Gasteiger partial charge in [-0.15, -0.1) is 0 Å². The third kappa shape index (κ3) is 8.76. The van der Waals surface area contributed by atoms with Crippen LogP contribution in [0.5, 0.6) is 0 Å². The minimum absolute atomic E-state index is 0.0186. The maximum absolute atomic E-state index is 12.7. The van der Waals surface area contributed by atoms with Gasteiger partial charge in [-0.1, -0.05) is 50.9 Å². The summed E-state index contributed by atoms with van der Waals surface area (Å²) >= 11 is 12.0. The second-order valence-corrected chi connectivity index (χ2v) is 10.0. The van der Waals surface area contributed by atoms with Crippen molar-refractivity contribution in [1.29, 1.82) is 0 Å². The van der Waals surface area contributed by atoms with Gasteiger partial charge in [0.05, 0.1) is 23.6 Å². The molecule has 1 N–H and O–H groups in total. The molecule has 0 spiro atoms. The van der Waals surface area contributed by atoms with E-state index in [-0.39, 0.29) is 53.4 Å². The molecule has 0 radical (unpaired) electrons. The van der Waals surface area contributed by atoms with Gasteiger partial charge in [-0.3, -0.25) is 19.2 Å². The molecule has 1 saturated heterocycles. The molecule has 1 fully saturated rings. The van der Waals surface area contributed by atoms with Crippen molar-refractivity contribution in [3.63, 3.8) is 0 Å². The van der Waals surface area contributed by atoms with Gasteiger partial charge < -0.3 is 14.6 Å². The van der Waals surface area contributed by atoms with Crippen LogP contribution in [0.3, 0.4) is 0 Å². The Hall–Kier alpha value is -1.90. The van der Waals surface area contributed by atoms with Gasteiger partial charge in [0.2, 0.25) is 0 Å². The Labute approximate surface area is 205 Å². The van der Waals surface area contributed by atoms with Crippen LogP contribution in [-0.4, -0.2) is 43.2 Å². The van der Waals surface area contributed by atoms with Crippen LogP contribution in [0.1, 0.15) is 63.7 Å². The first-order valence-electron chi connectivity index (χ1n) is 11.1. The van der Waals surface area contributed by atoms with Crippen molar-refractivity contribution in [2.24, 2.45) is 11.8 Å². The predicted octanol–water partition coefficient (Wildman–Crippen LogP) is 4.53. The fraction of sp³-hybridized carbons (Fsp3) is 0.565. The Kier molecular flexibility index (Phi) is 10.4. The SMILES string of the molecule is CC(C)CC(=O)[C@H]1CC(=O)OB([C@@H](CC(=O)CNC(=O)c2cc(Cl)ccc2Cl)CC(C)C)O1. The van der Waals surface area contributed by atoms with E-state index in [2.05, 4.69) is 5.32 Å². The topological polar surface area (TPSA) is 98.8 Å². The number of rotatable bonds is 11. The highest BCUT2D eigenvalue weighted by Crippen LogP contribution is 2.31. The first kappa shape index (κ1) is 27.4. The van der Waals surface area contributed by atoms with E-state index in [0.29, 0.717) is 17.9 Å². The number of carbonyl (C=O) groups excluding carboxylic acids is 4. The third-order valence-corrected chi connectivity index (χ3v) is 5.70. The molecule has 180 valence electrons. The molecule has 1 amide bonds. The molecule has 0 unspecified atom stereocenters. The molecule has 1 aromatic rings. The van der Waals surface area contributed by atoms with Gasteiger partial charge in [0, 0.05) is 23.7 Å². The molecule has 1 aromatic carbocycles. The van der Waals surface area contributed by atoms with Crippen LogP contribution in [-0.2, 0) is 23.7 Å². The molecule has 2 atom stereocenters. The maximum Gasteiger partial charge on any atom is 0.531 e. The lowest BCUT2D eigenvalue weighted by atomic mass is 9.64. The predicted molar refractivity (Wildman–Crippen MR) is 127 cm³/mol. The quantitative estimate of drug-likeness (QED) is 0.451. The van der Waals surface area contributed by atoms with Crippen LogP contribution in [0.25, 0.3) is 0 Å². The lowest BCUT2D eigenvalue weighted by Gasteiger charge is -2.31. The molecule has 10 heteroatoms. The summed E-state index contributed by atoms with van der Waals surface area (Å²) in [7, 11) is -0.989. The minimum Gasteiger partial charge on any atom is -0.509 e. The summed E-state index contributed by atoms with van der Waals surface area (Å²) in [5, 5.41) is 3.13. The monoisotopic (exact) mass is 497 g/mol. The number of hydrogen-bond acceptors (Lipinski definition) is 6. The van der Waals surface area contributed by atoms with Gasteiger partial charge in [-0.05, 0) is 36.5 Å². The molecular formula is C23H30BCl2NO6. The van der Waals surface area contributed by atoms with E-state index in [9.17, 15) is 19.2 Å². The van der Waals surface area contributed by atoms with Crippen molar-refractivity contribution in [2.75, 3.05) is 6.54 Å². The van der Waals surface area contributed by atoms with Crippen LogP contribution >= 0.6 is 23.2 Å². The third-order valence-electron chi connectivity index (χ3n) is 5.13. The van der Waals surface area contributed by atoms with Crippen molar-refractivity contribution in [3.05, 3.63) is 33.8 Å². The first-order chi connectivity index (χ1) is 15.5. The highest BCUT2D eigenvalue weighted by molar-refractivity contribution is 6.50. The zero-order valence-corrected chi connectivity index (χ0v) is 20.9. The molecule has 1 aliphatic rings. The summed E-state index contributed by atoms with van der Waals surface area (Å²) in [5.41, 5.74) is 0.173. The van der Waals surface area contributed by atoms with Crippen LogP contribution in [0.2, 0.25) is 15.9 Å². The van der Waals surface area contributed by atoms with Crippen molar-refractivity contribution < 1.29 is 28.5 Å². The van der Waals surface area contributed by atoms with Crippen LogP contribution < -0.4 is 5.32 Å². The normalized spacial score (nSPS) is 17.2. The zero-order valence-electron chi connectivity index (χ0n) is 19.4. The van der Waals surface area contributed by atoms with Gasteiger partial charge in [0.25, 0.3) is 11.9 Å². The summed E-state index contributed by atoms with van der Waals surface area (Å²) < 4.78 is 11.2. The van der Waals surface area contributed by atoms with Crippen molar-refractivity contribution in [1.82, 2.24) is 5.32 Å². The van der Waals surface area contributed by atoms with Gasteiger partial charge in [-0.25, -0.2) is 0 Å². The van der Waals surface area contributed by atoms with Crippen molar-refractivity contribution >= 4 is 53.8 Å². The highest BCUT2D eigenvalue weighted by Gasteiger charge is 2.43. The lowest BCUT2D eigenvalue weighted by molar-refractivity contribution is -0.148. The fourth-order valence-corrected chi connectivity index (χ4v) is 4.08. The molecular weight excluding hydrogens is 468 g/mol. The Morgan fingerprint density at radius 3 is 2.45 bits per heavy atom. The van der Waals surface area contributed by atoms with Crippen molar-refractivity contribution in [3.8, 4) is 0 Å². The Balaban J connectivity index is 2.03. The number of carbonyl (C=O) groups is 4. The number of amides is 1. The molecule has 0 saturated carbocycles. The summed E-state index contributed by atoms with van der Waals surface area (Å²) in [5.74, 6) is -1.55. The van der Waals surface area contributed by atoms with E-state index >= 15 is 0 Å². The number of ketones is 2. The van der Waals surface area contributed by atoms with E-state index in [4.69, 9.17) is 32.5 Å². The summed E-state index contributed by atoms with van der Waals surface area (Å²) in [6.45, 7) is 7.56. The Morgan fingerprint density at radius 1 is 1.12 bits per heavy atom. The summed E-state index contributed by atoms with van der Waals surface area (Å²) in [6.07, 6.45) is -0.126. The second kappa shape index (κ2) is 12.5. The Bertz CT molecular complexity index is 892. The molecule has 7 nitrogen and oxygen atoms in total. The van der Waals surface area contributed by atoms with Crippen LogP contribution in [0.15, 0.2) is 18.2 Å². The summed E-state index contributed by atoms with van der Waals surface area (Å²) in [4.78, 5) is 49.7. The van der Waals surface area contributed by atoms with Gasteiger partial charge in [0.1, 0.15) is 6.10 Å². The lowest BCUT2D eigenvalue weighted by Crippen LogP contribution is -2.46. The molecule has 2 rings (SSSR count). The van der Waals surface area contributed by atoms with E-state index in [1.807, 2.05) is 27.7 Å². The smallest absolute Gasteiger partial charge is 0.509 e. The second-order valence-electron chi connectivity index (χ2n) is 9.19. The summed E-state index contributed by atoms with van der Waals surface area (Å²) in [6, 6.07) is 4.49. The minimum atomic E-state index is -0.989. The highest BCUT2D eigenvalue weighted by atomic mass is 35.5. The van der Waals surface area contributed by atoms with Gasteiger partial charge in [0.15, 0.2) is 11.6 Å². The molecule has 1 heterocycles. The van der Waals surface area contributed by atoms with Gasteiger partial charge >= 0.3 is 7.12 Å². The number of halogens is 2. The number of benzene rings is 1. The number of hydrogen-bond donors (Lipinski definition) is 1. The largest absolute Gasteiger partial charge is 0.531 e. The van der Waals surface area contributed by atoms with Gasteiger partial charge in [-0.2, -0.15) is 0 Å². The molecule has 33 heavy (non-hydrogen) atoms. The van der Waals surface area contributed by atoms with E-state index < -0.39 is 30.9 Å². The molecule has 0 aromatic heterocycles. The molecule has 0 aliphatic carbocycles.